The molecule has 1 aliphatic heterocycles. The smallest absolute Gasteiger partial charge is 0.409 e. The SMILES string of the molecule is CCc1cc2ncc(CN3CCN(C(=O)OC)CC3)cc2[nH]c1=O. The minimum absolute atomic E-state index is 0.0457. The zero-order valence-corrected chi connectivity index (χ0v) is 14.0. The second-order valence-electron chi connectivity index (χ2n) is 5.99. The molecule has 1 saturated heterocycles. The molecular weight excluding hydrogens is 308 g/mol. The zero-order valence-electron chi connectivity index (χ0n) is 14.0. The van der Waals surface area contributed by atoms with Gasteiger partial charge in [-0.1, -0.05) is 6.92 Å². The van der Waals surface area contributed by atoms with Crippen molar-refractivity contribution in [3.05, 3.63) is 39.8 Å². The molecule has 2 aromatic heterocycles. The van der Waals surface area contributed by atoms with Crippen LogP contribution in [0.15, 0.2) is 23.1 Å². The zero-order chi connectivity index (χ0) is 17.1. The summed E-state index contributed by atoms with van der Waals surface area (Å²) in [5.74, 6) is 0. The molecule has 0 bridgehead atoms. The summed E-state index contributed by atoms with van der Waals surface area (Å²) < 4.78 is 4.75. The monoisotopic (exact) mass is 330 g/mol. The van der Waals surface area contributed by atoms with Gasteiger partial charge in [0, 0.05) is 44.5 Å². The van der Waals surface area contributed by atoms with Gasteiger partial charge in [-0.25, -0.2) is 4.79 Å². The predicted octanol–water partition coefficient (Wildman–Crippen LogP) is 1.37. The van der Waals surface area contributed by atoms with Gasteiger partial charge in [0.15, 0.2) is 0 Å². The van der Waals surface area contributed by atoms with Gasteiger partial charge in [0.05, 0.1) is 18.1 Å². The molecule has 24 heavy (non-hydrogen) atoms. The van der Waals surface area contributed by atoms with Crippen molar-refractivity contribution in [3.8, 4) is 0 Å². The van der Waals surface area contributed by atoms with Gasteiger partial charge in [-0.2, -0.15) is 0 Å². The molecular formula is C17H22N4O3. The van der Waals surface area contributed by atoms with Crippen molar-refractivity contribution in [2.75, 3.05) is 33.3 Å². The molecule has 1 fully saturated rings. The number of aromatic amines is 1. The molecule has 0 aliphatic carbocycles. The third-order valence-corrected chi connectivity index (χ3v) is 4.42. The fraction of sp³-hybridized carbons (Fsp3) is 0.471. The number of amides is 1. The lowest BCUT2D eigenvalue weighted by Crippen LogP contribution is -2.48. The molecule has 1 aliphatic rings. The van der Waals surface area contributed by atoms with Gasteiger partial charge in [-0.05, 0) is 24.1 Å². The Labute approximate surface area is 140 Å². The Bertz CT molecular complexity index is 794. The fourth-order valence-electron chi connectivity index (χ4n) is 2.99. The molecule has 1 amide bonds. The Kier molecular flexibility index (Phi) is 4.80. The van der Waals surface area contributed by atoms with Crippen LogP contribution >= 0.6 is 0 Å². The third kappa shape index (κ3) is 3.41. The highest BCUT2D eigenvalue weighted by atomic mass is 16.5. The van der Waals surface area contributed by atoms with E-state index in [0.717, 1.165) is 41.8 Å². The Balaban J connectivity index is 1.70. The van der Waals surface area contributed by atoms with Crippen molar-refractivity contribution in [2.24, 2.45) is 0 Å². The number of carbonyl (C=O) groups excluding carboxylic acids is 1. The first-order valence-electron chi connectivity index (χ1n) is 8.16. The maximum atomic E-state index is 12.0. The standard InChI is InChI=1S/C17H22N4O3/c1-3-13-9-14-15(19-16(13)22)8-12(10-18-14)11-20-4-6-21(7-5-20)17(23)24-2/h8-10H,3-7,11H2,1-2H3,(H,19,22). The van der Waals surface area contributed by atoms with Crippen molar-refractivity contribution in [1.29, 1.82) is 0 Å². The molecule has 3 heterocycles. The minimum atomic E-state index is -0.272. The molecule has 0 aromatic carbocycles. The average Bonchev–Trinajstić information content (AvgIpc) is 2.61. The Morgan fingerprint density at radius 3 is 2.71 bits per heavy atom. The number of pyridine rings is 2. The number of nitrogens with one attached hydrogen (secondary N) is 1. The number of nitrogens with zero attached hydrogens (tertiary/aromatic N) is 3. The van der Waals surface area contributed by atoms with Gasteiger partial charge in [-0.3, -0.25) is 14.7 Å². The lowest BCUT2D eigenvalue weighted by molar-refractivity contribution is 0.0889. The van der Waals surface area contributed by atoms with Gasteiger partial charge in [0.2, 0.25) is 0 Å². The van der Waals surface area contributed by atoms with Crippen LogP contribution in [0.5, 0.6) is 0 Å². The summed E-state index contributed by atoms with van der Waals surface area (Å²) in [6.45, 7) is 5.60. The van der Waals surface area contributed by atoms with Crippen molar-refractivity contribution in [1.82, 2.24) is 19.8 Å². The number of fused-ring (bicyclic) bond motifs is 1. The highest BCUT2D eigenvalue weighted by molar-refractivity contribution is 5.74. The largest absolute Gasteiger partial charge is 0.453 e. The summed E-state index contributed by atoms with van der Waals surface area (Å²) in [6.07, 6.45) is 2.28. The predicted molar refractivity (Wildman–Crippen MR) is 91.0 cm³/mol. The molecule has 1 N–H and O–H groups in total. The van der Waals surface area contributed by atoms with E-state index >= 15 is 0 Å². The number of hydrogen-bond acceptors (Lipinski definition) is 5. The molecule has 0 spiro atoms. The normalized spacial score (nSPS) is 15.7. The number of rotatable bonds is 3. The molecule has 0 radical (unpaired) electrons. The number of hydrogen-bond donors (Lipinski definition) is 1. The van der Waals surface area contributed by atoms with E-state index in [9.17, 15) is 9.59 Å². The topological polar surface area (TPSA) is 78.5 Å². The van der Waals surface area contributed by atoms with Gasteiger partial charge in [0.25, 0.3) is 5.56 Å². The van der Waals surface area contributed by atoms with Crippen molar-refractivity contribution in [3.63, 3.8) is 0 Å². The van der Waals surface area contributed by atoms with E-state index in [2.05, 4.69) is 14.9 Å². The van der Waals surface area contributed by atoms with Crippen LogP contribution in [0.1, 0.15) is 18.1 Å². The van der Waals surface area contributed by atoms with E-state index in [0.29, 0.717) is 19.5 Å². The molecule has 0 atom stereocenters. The molecule has 128 valence electrons. The summed E-state index contributed by atoms with van der Waals surface area (Å²) in [4.78, 5) is 34.8. The van der Waals surface area contributed by atoms with Crippen LogP contribution in [0, 0.1) is 0 Å². The lowest BCUT2D eigenvalue weighted by Gasteiger charge is -2.33. The fourth-order valence-corrected chi connectivity index (χ4v) is 2.99. The Hall–Kier alpha value is -2.41. The Morgan fingerprint density at radius 2 is 2.04 bits per heavy atom. The van der Waals surface area contributed by atoms with Crippen LogP contribution in [0.4, 0.5) is 4.79 Å². The molecule has 0 unspecified atom stereocenters. The number of ether oxygens (including phenoxy) is 1. The van der Waals surface area contributed by atoms with Crippen molar-refractivity contribution >= 4 is 17.1 Å². The maximum Gasteiger partial charge on any atom is 0.409 e. The summed E-state index contributed by atoms with van der Waals surface area (Å²) in [5.41, 5.74) is 3.33. The lowest BCUT2D eigenvalue weighted by atomic mass is 10.1. The first-order chi connectivity index (χ1) is 11.6. The van der Waals surface area contributed by atoms with Crippen LogP contribution < -0.4 is 5.56 Å². The second kappa shape index (κ2) is 7.00. The summed E-state index contributed by atoms with van der Waals surface area (Å²) in [6, 6.07) is 3.84. The quantitative estimate of drug-likeness (QED) is 0.919. The summed E-state index contributed by atoms with van der Waals surface area (Å²) >= 11 is 0. The van der Waals surface area contributed by atoms with Crippen molar-refractivity contribution < 1.29 is 9.53 Å². The third-order valence-electron chi connectivity index (χ3n) is 4.42. The van der Waals surface area contributed by atoms with Crippen molar-refractivity contribution in [2.45, 2.75) is 19.9 Å². The van der Waals surface area contributed by atoms with Gasteiger partial charge >= 0.3 is 6.09 Å². The van der Waals surface area contributed by atoms with E-state index in [-0.39, 0.29) is 11.7 Å². The molecule has 7 nitrogen and oxygen atoms in total. The van der Waals surface area contributed by atoms with E-state index in [1.54, 1.807) is 4.90 Å². The first kappa shape index (κ1) is 16.4. The van der Waals surface area contributed by atoms with E-state index in [1.807, 2.05) is 25.3 Å². The van der Waals surface area contributed by atoms with Gasteiger partial charge in [0.1, 0.15) is 0 Å². The maximum absolute atomic E-state index is 12.0. The van der Waals surface area contributed by atoms with E-state index in [1.165, 1.54) is 7.11 Å². The van der Waals surface area contributed by atoms with Gasteiger partial charge < -0.3 is 14.6 Å². The number of carbonyl (C=O) groups is 1. The second-order valence-corrected chi connectivity index (χ2v) is 5.99. The highest BCUT2D eigenvalue weighted by Gasteiger charge is 2.21. The minimum Gasteiger partial charge on any atom is -0.453 e. The molecule has 2 aromatic rings. The number of piperazine rings is 1. The number of methoxy groups -OCH3 is 1. The van der Waals surface area contributed by atoms with E-state index < -0.39 is 0 Å². The Morgan fingerprint density at radius 1 is 1.29 bits per heavy atom. The number of aromatic nitrogens is 2. The summed E-state index contributed by atoms with van der Waals surface area (Å²) in [7, 11) is 1.40. The van der Waals surface area contributed by atoms with Crippen LogP contribution in [-0.4, -0.2) is 59.1 Å². The van der Waals surface area contributed by atoms with Gasteiger partial charge in [-0.15, -0.1) is 0 Å². The van der Waals surface area contributed by atoms with Crippen LogP contribution in [0.3, 0.4) is 0 Å². The van der Waals surface area contributed by atoms with Crippen LogP contribution in [0.25, 0.3) is 11.0 Å². The molecule has 0 saturated carbocycles. The van der Waals surface area contributed by atoms with Crippen LogP contribution in [-0.2, 0) is 17.7 Å². The number of aryl methyl sites for hydroxylation is 1. The molecule has 7 heteroatoms. The van der Waals surface area contributed by atoms with E-state index in [4.69, 9.17) is 4.74 Å². The number of H-pyrrole nitrogens is 1. The average molecular weight is 330 g/mol. The first-order valence-corrected chi connectivity index (χ1v) is 8.16. The summed E-state index contributed by atoms with van der Waals surface area (Å²) in [5, 5.41) is 0. The highest BCUT2D eigenvalue weighted by Crippen LogP contribution is 2.14. The molecule has 3 rings (SSSR count). The van der Waals surface area contributed by atoms with Crippen LogP contribution in [0.2, 0.25) is 0 Å².